The number of rotatable bonds is 7. The van der Waals surface area contributed by atoms with E-state index in [1.165, 1.54) is 19.3 Å². The predicted octanol–water partition coefficient (Wildman–Crippen LogP) is 5.45. The van der Waals surface area contributed by atoms with Crippen LogP contribution in [-0.4, -0.2) is 6.54 Å². The van der Waals surface area contributed by atoms with Crippen molar-refractivity contribution < 1.29 is 4.42 Å². The maximum absolute atomic E-state index is 12.3. The van der Waals surface area contributed by atoms with Crippen molar-refractivity contribution in [1.29, 1.82) is 0 Å². The molecule has 0 saturated heterocycles. The van der Waals surface area contributed by atoms with Gasteiger partial charge in [-0.1, -0.05) is 56.5 Å². The van der Waals surface area contributed by atoms with Gasteiger partial charge in [-0.2, -0.15) is 0 Å². The molecule has 0 atom stereocenters. The first kappa shape index (κ1) is 16.3. The summed E-state index contributed by atoms with van der Waals surface area (Å²) in [5, 5.41) is 4.03. The second-order valence-electron chi connectivity index (χ2n) is 6.04. The molecule has 1 heterocycles. The number of nitrogens with one attached hydrogen (secondary N) is 1. The third-order valence-corrected chi connectivity index (χ3v) is 4.15. The number of hydrogen-bond acceptors (Lipinski definition) is 3. The SMILES string of the molecule is CCCCCCNc1ccc2c(=O)cc(-c3ccccc3)oc2c1. The Morgan fingerprint density at radius 2 is 1.79 bits per heavy atom. The number of benzene rings is 2. The second kappa shape index (κ2) is 7.82. The smallest absolute Gasteiger partial charge is 0.193 e. The van der Waals surface area contributed by atoms with Gasteiger partial charge >= 0.3 is 0 Å². The summed E-state index contributed by atoms with van der Waals surface area (Å²) in [5.74, 6) is 0.605. The molecule has 3 heteroatoms. The lowest BCUT2D eigenvalue weighted by molar-refractivity contribution is 0.619. The van der Waals surface area contributed by atoms with Gasteiger partial charge in [0.25, 0.3) is 0 Å². The van der Waals surface area contributed by atoms with E-state index < -0.39 is 0 Å². The third-order valence-electron chi connectivity index (χ3n) is 4.15. The lowest BCUT2D eigenvalue weighted by Crippen LogP contribution is -2.03. The molecule has 0 fully saturated rings. The molecule has 2 aromatic carbocycles. The van der Waals surface area contributed by atoms with Gasteiger partial charge < -0.3 is 9.73 Å². The van der Waals surface area contributed by atoms with Gasteiger partial charge in [-0.3, -0.25) is 4.79 Å². The zero-order valence-electron chi connectivity index (χ0n) is 14.0. The number of unbranched alkanes of at least 4 members (excludes halogenated alkanes) is 3. The minimum atomic E-state index is -0.00963. The van der Waals surface area contributed by atoms with Crippen molar-refractivity contribution in [2.24, 2.45) is 0 Å². The summed E-state index contributed by atoms with van der Waals surface area (Å²) in [4.78, 5) is 12.3. The molecule has 3 nitrogen and oxygen atoms in total. The van der Waals surface area contributed by atoms with Crippen LogP contribution in [0.3, 0.4) is 0 Å². The van der Waals surface area contributed by atoms with E-state index >= 15 is 0 Å². The maximum atomic E-state index is 12.3. The van der Waals surface area contributed by atoms with E-state index in [9.17, 15) is 4.79 Å². The molecule has 0 aliphatic heterocycles. The number of anilines is 1. The zero-order valence-corrected chi connectivity index (χ0v) is 14.0. The van der Waals surface area contributed by atoms with Crippen LogP contribution in [-0.2, 0) is 0 Å². The molecule has 0 saturated carbocycles. The van der Waals surface area contributed by atoms with E-state index in [-0.39, 0.29) is 5.43 Å². The Labute approximate surface area is 142 Å². The van der Waals surface area contributed by atoms with Crippen molar-refractivity contribution in [3.63, 3.8) is 0 Å². The van der Waals surface area contributed by atoms with Gasteiger partial charge in [0.1, 0.15) is 11.3 Å². The van der Waals surface area contributed by atoms with Crippen molar-refractivity contribution in [3.05, 3.63) is 64.8 Å². The van der Waals surface area contributed by atoms with Gasteiger partial charge in [-0.25, -0.2) is 0 Å². The van der Waals surface area contributed by atoms with Crippen LogP contribution < -0.4 is 10.7 Å². The van der Waals surface area contributed by atoms with Gasteiger partial charge in [0.15, 0.2) is 5.43 Å². The molecule has 0 unspecified atom stereocenters. The minimum Gasteiger partial charge on any atom is -0.456 e. The van der Waals surface area contributed by atoms with Crippen molar-refractivity contribution in [2.75, 3.05) is 11.9 Å². The van der Waals surface area contributed by atoms with E-state index in [1.807, 2.05) is 48.5 Å². The molecule has 0 radical (unpaired) electrons. The van der Waals surface area contributed by atoms with Crippen LogP contribution >= 0.6 is 0 Å². The van der Waals surface area contributed by atoms with Crippen LogP contribution in [0.15, 0.2) is 63.8 Å². The molecular formula is C21H23NO2. The summed E-state index contributed by atoms with van der Waals surface area (Å²) < 4.78 is 5.97. The highest BCUT2D eigenvalue weighted by atomic mass is 16.3. The van der Waals surface area contributed by atoms with Crippen molar-refractivity contribution >= 4 is 16.7 Å². The molecule has 3 rings (SSSR count). The van der Waals surface area contributed by atoms with E-state index in [2.05, 4.69) is 12.2 Å². The summed E-state index contributed by atoms with van der Waals surface area (Å²) in [5.41, 5.74) is 2.52. The maximum Gasteiger partial charge on any atom is 0.193 e. The monoisotopic (exact) mass is 321 g/mol. The summed E-state index contributed by atoms with van der Waals surface area (Å²) in [7, 11) is 0. The quantitative estimate of drug-likeness (QED) is 0.588. The Bertz CT molecular complexity index is 853. The highest BCUT2D eigenvalue weighted by molar-refractivity contribution is 5.82. The van der Waals surface area contributed by atoms with Crippen molar-refractivity contribution in [3.8, 4) is 11.3 Å². The third kappa shape index (κ3) is 3.85. The van der Waals surface area contributed by atoms with Crippen molar-refractivity contribution in [2.45, 2.75) is 32.6 Å². The standard InChI is InChI=1S/C21H23NO2/c1-2-3-4-8-13-22-17-11-12-18-19(23)15-20(24-21(18)14-17)16-9-6-5-7-10-16/h5-7,9-12,14-15,22H,2-4,8,13H2,1H3. The highest BCUT2D eigenvalue weighted by Gasteiger charge is 2.07. The zero-order chi connectivity index (χ0) is 16.8. The van der Waals surface area contributed by atoms with Gasteiger partial charge in [-0.15, -0.1) is 0 Å². The van der Waals surface area contributed by atoms with Crippen molar-refractivity contribution in [1.82, 2.24) is 0 Å². The first-order valence-electron chi connectivity index (χ1n) is 8.65. The van der Waals surface area contributed by atoms with E-state index in [1.54, 1.807) is 6.07 Å². The van der Waals surface area contributed by atoms with Gasteiger partial charge in [0.05, 0.1) is 5.39 Å². The molecule has 3 aromatic rings. The Morgan fingerprint density at radius 3 is 2.58 bits per heavy atom. The molecule has 0 bridgehead atoms. The first-order chi connectivity index (χ1) is 11.8. The van der Waals surface area contributed by atoms with E-state index in [4.69, 9.17) is 4.42 Å². The number of hydrogen-bond donors (Lipinski definition) is 1. The Balaban J connectivity index is 1.84. The van der Waals surface area contributed by atoms with Gasteiger partial charge in [-0.05, 0) is 18.6 Å². The molecular weight excluding hydrogens is 298 g/mol. The molecule has 0 aliphatic rings. The van der Waals surface area contributed by atoms with E-state index in [0.717, 1.165) is 24.2 Å². The summed E-state index contributed by atoms with van der Waals surface area (Å²) in [6.07, 6.45) is 4.91. The lowest BCUT2D eigenvalue weighted by atomic mass is 10.1. The molecule has 24 heavy (non-hydrogen) atoms. The predicted molar refractivity (Wildman–Crippen MR) is 101 cm³/mol. The normalized spacial score (nSPS) is 10.9. The van der Waals surface area contributed by atoms with Crippen LogP contribution in [0.2, 0.25) is 0 Å². The molecule has 1 aromatic heterocycles. The van der Waals surface area contributed by atoms with Gasteiger partial charge in [0.2, 0.25) is 0 Å². The summed E-state index contributed by atoms with van der Waals surface area (Å²) >= 11 is 0. The van der Waals surface area contributed by atoms with Crippen LogP contribution in [0, 0.1) is 0 Å². The van der Waals surface area contributed by atoms with Crippen LogP contribution in [0.25, 0.3) is 22.3 Å². The van der Waals surface area contributed by atoms with Gasteiger partial charge in [0, 0.05) is 29.9 Å². The minimum absolute atomic E-state index is 0.00963. The fourth-order valence-electron chi connectivity index (χ4n) is 2.79. The first-order valence-corrected chi connectivity index (χ1v) is 8.65. The van der Waals surface area contributed by atoms with E-state index in [0.29, 0.717) is 16.7 Å². The largest absolute Gasteiger partial charge is 0.456 e. The fraction of sp³-hybridized carbons (Fsp3) is 0.286. The Hall–Kier alpha value is -2.55. The fourth-order valence-corrected chi connectivity index (χ4v) is 2.79. The molecule has 0 spiro atoms. The molecule has 1 N–H and O–H groups in total. The molecule has 0 aliphatic carbocycles. The summed E-state index contributed by atoms with van der Waals surface area (Å²) in [6, 6.07) is 17.0. The Morgan fingerprint density at radius 1 is 0.958 bits per heavy atom. The second-order valence-corrected chi connectivity index (χ2v) is 6.04. The molecule has 124 valence electrons. The average Bonchev–Trinajstić information content (AvgIpc) is 2.62. The Kier molecular flexibility index (Phi) is 5.32. The van der Waals surface area contributed by atoms with Crippen LogP contribution in [0.4, 0.5) is 5.69 Å². The van der Waals surface area contributed by atoms with Crippen LogP contribution in [0.1, 0.15) is 32.6 Å². The topological polar surface area (TPSA) is 42.2 Å². The number of fused-ring (bicyclic) bond motifs is 1. The molecule has 0 amide bonds. The average molecular weight is 321 g/mol. The lowest BCUT2D eigenvalue weighted by Gasteiger charge is -2.08. The van der Waals surface area contributed by atoms with Crippen LogP contribution in [0.5, 0.6) is 0 Å². The highest BCUT2D eigenvalue weighted by Crippen LogP contribution is 2.24. The summed E-state index contributed by atoms with van der Waals surface area (Å²) in [6.45, 7) is 3.15.